The smallest absolute Gasteiger partial charge is 0.411 e. The van der Waals surface area contributed by atoms with E-state index < -0.39 is 11.6 Å². The summed E-state index contributed by atoms with van der Waals surface area (Å²) in [5, 5.41) is 3.04. The fourth-order valence-corrected chi connectivity index (χ4v) is 4.36. The molecular formula is C22H32N2O3. The fraction of sp³-hybridized carbons (Fsp3) is 0.636. The SMILES string of the molecule is CC(C)(C)OC(=O)N1C2CCCCC2C[C@H]1C(=O)NCCc1ccccc1. The average molecular weight is 373 g/mol. The van der Waals surface area contributed by atoms with Crippen LogP contribution in [0.15, 0.2) is 30.3 Å². The van der Waals surface area contributed by atoms with Crippen molar-refractivity contribution in [2.45, 2.75) is 77.0 Å². The highest BCUT2D eigenvalue weighted by Gasteiger charge is 2.48. The first-order valence-electron chi connectivity index (χ1n) is 10.2. The Morgan fingerprint density at radius 1 is 1.15 bits per heavy atom. The summed E-state index contributed by atoms with van der Waals surface area (Å²) in [5.74, 6) is 0.363. The first kappa shape index (κ1) is 19.7. The number of carbonyl (C=O) groups is 2. The Hall–Kier alpha value is -2.04. The van der Waals surface area contributed by atoms with Crippen molar-refractivity contribution >= 4 is 12.0 Å². The first-order valence-corrected chi connectivity index (χ1v) is 10.2. The summed E-state index contributed by atoms with van der Waals surface area (Å²) in [7, 11) is 0. The molecule has 3 rings (SSSR count). The standard InChI is InChI=1S/C22H32N2O3/c1-22(2,3)27-21(26)24-18-12-8-7-11-17(18)15-19(24)20(25)23-14-13-16-9-5-4-6-10-16/h4-6,9-10,17-19H,7-8,11-15H2,1-3H3,(H,23,25)/t17?,18?,19-/m0/s1. The third-order valence-electron chi connectivity index (χ3n) is 5.55. The second-order valence-electron chi connectivity index (χ2n) is 8.78. The van der Waals surface area contributed by atoms with Gasteiger partial charge in [-0.15, -0.1) is 0 Å². The van der Waals surface area contributed by atoms with Gasteiger partial charge in [0.1, 0.15) is 11.6 Å². The largest absolute Gasteiger partial charge is 0.444 e. The van der Waals surface area contributed by atoms with E-state index in [1.807, 2.05) is 39.0 Å². The molecule has 0 bridgehead atoms. The summed E-state index contributed by atoms with van der Waals surface area (Å²) < 4.78 is 5.63. The normalized spacial score (nSPS) is 25.0. The van der Waals surface area contributed by atoms with Crippen molar-refractivity contribution < 1.29 is 14.3 Å². The Labute approximate surface area is 162 Å². The van der Waals surface area contributed by atoms with Crippen LogP contribution in [0.3, 0.4) is 0 Å². The molecule has 27 heavy (non-hydrogen) atoms. The highest BCUT2D eigenvalue weighted by molar-refractivity contribution is 5.86. The van der Waals surface area contributed by atoms with Crippen LogP contribution in [0.5, 0.6) is 0 Å². The molecule has 3 atom stereocenters. The molecule has 0 aromatic heterocycles. The van der Waals surface area contributed by atoms with Gasteiger partial charge >= 0.3 is 6.09 Å². The predicted octanol–water partition coefficient (Wildman–Crippen LogP) is 3.91. The van der Waals surface area contributed by atoms with E-state index in [2.05, 4.69) is 17.4 Å². The summed E-state index contributed by atoms with van der Waals surface area (Å²) in [5.41, 5.74) is 0.639. The van der Waals surface area contributed by atoms with Crippen molar-refractivity contribution in [1.29, 1.82) is 0 Å². The quantitative estimate of drug-likeness (QED) is 0.872. The number of benzene rings is 1. The summed E-state index contributed by atoms with van der Waals surface area (Å²) in [6.07, 6.45) is 5.56. The molecule has 0 spiro atoms. The van der Waals surface area contributed by atoms with Crippen molar-refractivity contribution in [3.05, 3.63) is 35.9 Å². The molecule has 5 heteroatoms. The maximum Gasteiger partial charge on any atom is 0.411 e. The zero-order chi connectivity index (χ0) is 19.4. The van der Waals surface area contributed by atoms with Crippen LogP contribution in [0, 0.1) is 5.92 Å². The van der Waals surface area contributed by atoms with Gasteiger partial charge in [-0.05, 0) is 57.9 Å². The molecule has 2 aliphatic rings. The minimum atomic E-state index is -0.557. The van der Waals surface area contributed by atoms with Gasteiger partial charge in [0.05, 0.1) is 0 Å². The number of ether oxygens (including phenoxy) is 1. The lowest BCUT2D eigenvalue weighted by Crippen LogP contribution is -2.51. The molecule has 1 aromatic carbocycles. The first-order chi connectivity index (χ1) is 12.8. The highest BCUT2D eigenvalue weighted by atomic mass is 16.6. The number of hydrogen-bond acceptors (Lipinski definition) is 3. The van der Waals surface area contributed by atoms with Crippen LogP contribution in [0.4, 0.5) is 4.79 Å². The summed E-state index contributed by atoms with van der Waals surface area (Å²) in [6, 6.07) is 9.84. The molecule has 1 saturated heterocycles. The van der Waals surface area contributed by atoms with Crippen LogP contribution in [0.1, 0.15) is 58.4 Å². The lowest BCUT2D eigenvalue weighted by molar-refractivity contribution is -0.125. The van der Waals surface area contributed by atoms with Crippen molar-refractivity contribution in [2.75, 3.05) is 6.54 Å². The summed E-state index contributed by atoms with van der Waals surface area (Å²) in [4.78, 5) is 27.5. The molecule has 1 N–H and O–H groups in total. The third-order valence-corrected chi connectivity index (χ3v) is 5.55. The number of hydrogen-bond donors (Lipinski definition) is 1. The van der Waals surface area contributed by atoms with E-state index in [4.69, 9.17) is 4.74 Å². The van der Waals surface area contributed by atoms with Gasteiger partial charge in [-0.1, -0.05) is 43.2 Å². The summed E-state index contributed by atoms with van der Waals surface area (Å²) in [6.45, 7) is 6.19. The number of rotatable bonds is 4. The molecule has 1 saturated carbocycles. The molecule has 0 radical (unpaired) electrons. The van der Waals surface area contributed by atoms with Gasteiger partial charge in [0.15, 0.2) is 0 Å². The number of nitrogens with one attached hydrogen (secondary N) is 1. The number of amides is 2. The molecule has 148 valence electrons. The van der Waals surface area contributed by atoms with Gasteiger partial charge in [0.2, 0.25) is 5.91 Å². The predicted molar refractivity (Wildman–Crippen MR) is 105 cm³/mol. The monoisotopic (exact) mass is 372 g/mol. The van der Waals surface area contributed by atoms with Gasteiger partial charge in [0, 0.05) is 12.6 Å². The zero-order valence-electron chi connectivity index (χ0n) is 16.7. The van der Waals surface area contributed by atoms with E-state index in [0.717, 1.165) is 32.1 Å². The van der Waals surface area contributed by atoms with E-state index >= 15 is 0 Å². The third kappa shape index (κ3) is 5.02. The molecule has 1 aromatic rings. The van der Waals surface area contributed by atoms with Crippen LogP contribution < -0.4 is 5.32 Å². The average Bonchev–Trinajstić information content (AvgIpc) is 3.01. The fourth-order valence-electron chi connectivity index (χ4n) is 4.36. The minimum Gasteiger partial charge on any atom is -0.444 e. The van der Waals surface area contributed by atoms with Crippen molar-refractivity contribution in [3.8, 4) is 0 Å². The lowest BCUT2D eigenvalue weighted by atomic mass is 9.85. The minimum absolute atomic E-state index is 0.0498. The van der Waals surface area contributed by atoms with E-state index in [1.165, 1.54) is 12.0 Å². The second kappa shape index (κ2) is 8.32. The maximum absolute atomic E-state index is 12.9. The number of fused-ring (bicyclic) bond motifs is 1. The van der Waals surface area contributed by atoms with E-state index in [0.29, 0.717) is 12.5 Å². The van der Waals surface area contributed by atoms with Gasteiger partial charge in [-0.25, -0.2) is 4.79 Å². The Kier molecular flexibility index (Phi) is 6.08. The molecule has 5 nitrogen and oxygen atoms in total. The molecule has 1 heterocycles. The number of likely N-dealkylation sites (tertiary alicyclic amines) is 1. The Morgan fingerprint density at radius 3 is 2.56 bits per heavy atom. The second-order valence-corrected chi connectivity index (χ2v) is 8.78. The van der Waals surface area contributed by atoms with E-state index in [1.54, 1.807) is 4.90 Å². The zero-order valence-corrected chi connectivity index (χ0v) is 16.7. The number of nitrogens with zero attached hydrogens (tertiary/aromatic N) is 1. The molecule has 2 amide bonds. The van der Waals surface area contributed by atoms with Crippen molar-refractivity contribution in [2.24, 2.45) is 5.92 Å². The molecule has 1 aliphatic carbocycles. The van der Waals surface area contributed by atoms with Crippen molar-refractivity contribution in [1.82, 2.24) is 10.2 Å². The van der Waals surface area contributed by atoms with Crippen LogP contribution in [-0.4, -0.2) is 41.1 Å². The molecular weight excluding hydrogens is 340 g/mol. The van der Waals surface area contributed by atoms with Gasteiger partial charge in [-0.2, -0.15) is 0 Å². The Bertz CT molecular complexity index is 653. The van der Waals surface area contributed by atoms with Crippen LogP contribution in [0.2, 0.25) is 0 Å². The van der Waals surface area contributed by atoms with Crippen LogP contribution >= 0.6 is 0 Å². The maximum atomic E-state index is 12.9. The number of carbonyl (C=O) groups excluding carboxylic acids is 2. The topological polar surface area (TPSA) is 58.6 Å². The van der Waals surface area contributed by atoms with Crippen LogP contribution in [0.25, 0.3) is 0 Å². The van der Waals surface area contributed by atoms with Gasteiger partial charge in [0.25, 0.3) is 0 Å². The van der Waals surface area contributed by atoms with Crippen molar-refractivity contribution in [3.63, 3.8) is 0 Å². The Morgan fingerprint density at radius 2 is 1.85 bits per heavy atom. The lowest BCUT2D eigenvalue weighted by Gasteiger charge is -2.34. The highest BCUT2D eigenvalue weighted by Crippen LogP contribution is 2.40. The molecule has 2 unspecified atom stereocenters. The van der Waals surface area contributed by atoms with Gasteiger partial charge < -0.3 is 10.1 Å². The van der Waals surface area contributed by atoms with Crippen LogP contribution in [-0.2, 0) is 16.0 Å². The van der Waals surface area contributed by atoms with E-state index in [-0.39, 0.29) is 18.0 Å². The molecule has 1 aliphatic heterocycles. The molecule has 2 fully saturated rings. The van der Waals surface area contributed by atoms with Gasteiger partial charge in [-0.3, -0.25) is 9.69 Å². The Balaban J connectivity index is 1.65. The summed E-state index contributed by atoms with van der Waals surface area (Å²) >= 11 is 0. The van der Waals surface area contributed by atoms with E-state index in [9.17, 15) is 9.59 Å².